The molecule has 0 aliphatic carbocycles. The van der Waals surface area contributed by atoms with E-state index in [1.807, 2.05) is 31.2 Å². The number of aromatic nitrogens is 1. The van der Waals surface area contributed by atoms with Gasteiger partial charge in [0.05, 0.1) is 5.75 Å². The van der Waals surface area contributed by atoms with Crippen LogP contribution in [0.3, 0.4) is 0 Å². The molecule has 0 saturated heterocycles. The Balaban J connectivity index is 2.12. The van der Waals surface area contributed by atoms with Gasteiger partial charge in [-0.3, -0.25) is 4.79 Å². The number of nitrogens with zero attached hydrogens (tertiary/aromatic N) is 1. The normalized spacial score (nSPS) is 10.7. The summed E-state index contributed by atoms with van der Waals surface area (Å²) >= 11 is 1.35. The Morgan fingerprint density at radius 2 is 2.27 bits per heavy atom. The number of para-hydroxylation sites is 2. The largest absolute Gasteiger partial charge is 0.431 e. The average molecular weight is 221 g/mol. The van der Waals surface area contributed by atoms with Crippen LogP contribution in [-0.4, -0.2) is 16.5 Å². The summed E-state index contributed by atoms with van der Waals surface area (Å²) in [6.07, 6.45) is 0.563. The van der Waals surface area contributed by atoms with Crippen LogP contribution in [0.25, 0.3) is 11.1 Å². The Labute approximate surface area is 91.9 Å². The summed E-state index contributed by atoms with van der Waals surface area (Å²) in [7, 11) is 0. The topological polar surface area (TPSA) is 43.1 Å². The molecule has 78 valence electrons. The number of hydrogen-bond donors (Lipinski definition) is 0. The number of rotatable bonds is 4. The molecule has 0 atom stereocenters. The zero-order valence-electron chi connectivity index (χ0n) is 8.40. The molecule has 1 heterocycles. The molecule has 1 aromatic heterocycles. The molecule has 0 fully saturated rings. The van der Waals surface area contributed by atoms with Gasteiger partial charge in [0.25, 0.3) is 5.22 Å². The molecule has 2 rings (SSSR count). The number of hydrogen-bond acceptors (Lipinski definition) is 4. The minimum absolute atomic E-state index is 0.210. The van der Waals surface area contributed by atoms with Crippen molar-refractivity contribution in [3.63, 3.8) is 0 Å². The highest BCUT2D eigenvalue weighted by Gasteiger charge is 2.07. The maximum atomic E-state index is 11.1. The first kappa shape index (κ1) is 10.2. The molecule has 0 radical (unpaired) electrons. The number of thioether (sulfide) groups is 1. The van der Waals surface area contributed by atoms with Crippen LogP contribution < -0.4 is 0 Å². The van der Waals surface area contributed by atoms with Gasteiger partial charge >= 0.3 is 0 Å². The van der Waals surface area contributed by atoms with Gasteiger partial charge in [-0.2, -0.15) is 0 Å². The van der Waals surface area contributed by atoms with E-state index in [4.69, 9.17) is 4.42 Å². The standard InChI is InChI=1S/C11H11NO2S/c1-2-8(13)7-15-11-12-9-5-3-4-6-10(9)14-11/h3-6H,2,7H2,1H3. The van der Waals surface area contributed by atoms with Crippen LogP contribution in [0.5, 0.6) is 0 Å². The number of carbonyl (C=O) groups excluding carboxylic acids is 1. The number of benzene rings is 1. The smallest absolute Gasteiger partial charge is 0.257 e. The Kier molecular flexibility index (Phi) is 3.06. The molecular weight excluding hydrogens is 210 g/mol. The van der Waals surface area contributed by atoms with Crippen molar-refractivity contribution in [1.82, 2.24) is 4.98 Å². The van der Waals surface area contributed by atoms with Crippen molar-refractivity contribution < 1.29 is 9.21 Å². The van der Waals surface area contributed by atoms with Crippen LogP contribution in [0.2, 0.25) is 0 Å². The van der Waals surface area contributed by atoms with E-state index in [9.17, 15) is 4.79 Å². The lowest BCUT2D eigenvalue weighted by Gasteiger charge is -1.92. The highest BCUT2D eigenvalue weighted by atomic mass is 32.2. The Morgan fingerprint density at radius 1 is 1.47 bits per heavy atom. The van der Waals surface area contributed by atoms with Crippen LogP contribution >= 0.6 is 11.8 Å². The van der Waals surface area contributed by atoms with Gasteiger partial charge in [-0.1, -0.05) is 30.8 Å². The third-order valence-corrected chi connectivity index (χ3v) is 2.91. The highest BCUT2D eigenvalue weighted by molar-refractivity contribution is 7.99. The van der Waals surface area contributed by atoms with Crippen molar-refractivity contribution in [2.24, 2.45) is 0 Å². The molecule has 15 heavy (non-hydrogen) atoms. The van der Waals surface area contributed by atoms with Crippen molar-refractivity contribution in [3.05, 3.63) is 24.3 Å². The van der Waals surface area contributed by atoms with E-state index in [2.05, 4.69) is 4.98 Å². The lowest BCUT2D eigenvalue weighted by atomic mass is 10.3. The lowest BCUT2D eigenvalue weighted by molar-refractivity contribution is -0.116. The van der Waals surface area contributed by atoms with Crippen LogP contribution in [-0.2, 0) is 4.79 Å². The van der Waals surface area contributed by atoms with E-state index in [0.29, 0.717) is 17.4 Å². The van der Waals surface area contributed by atoms with Crippen molar-refractivity contribution in [1.29, 1.82) is 0 Å². The molecule has 0 saturated carbocycles. The van der Waals surface area contributed by atoms with Crippen LogP contribution in [0.15, 0.2) is 33.9 Å². The van der Waals surface area contributed by atoms with Gasteiger partial charge in [0.1, 0.15) is 11.3 Å². The molecule has 0 amide bonds. The molecule has 4 heteroatoms. The van der Waals surface area contributed by atoms with Gasteiger partial charge in [0, 0.05) is 6.42 Å². The highest BCUT2D eigenvalue weighted by Crippen LogP contribution is 2.23. The quantitative estimate of drug-likeness (QED) is 0.744. The molecule has 2 aromatic rings. The predicted molar refractivity (Wildman–Crippen MR) is 60.0 cm³/mol. The zero-order chi connectivity index (χ0) is 10.7. The predicted octanol–water partition coefficient (Wildman–Crippen LogP) is 2.90. The molecule has 0 bridgehead atoms. The van der Waals surface area contributed by atoms with Crippen LogP contribution in [0.4, 0.5) is 0 Å². The fraction of sp³-hybridized carbons (Fsp3) is 0.273. The monoisotopic (exact) mass is 221 g/mol. The molecule has 0 spiro atoms. The zero-order valence-corrected chi connectivity index (χ0v) is 9.21. The van der Waals surface area contributed by atoms with E-state index < -0.39 is 0 Å². The summed E-state index contributed by atoms with van der Waals surface area (Å²) in [5.41, 5.74) is 1.60. The number of fused-ring (bicyclic) bond motifs is 1. The van der Waals surface area contributed by atoms with E-state index in [1.165, 1.54) is 11.8 Å². The van der Waals surface area contributed by atoms with Crippen LogP contribution in [0, 0.1) is 0 Å². The number of ketones is 1. The third-order valence-electron chi connectivity index (χ3n) is 2.03. The molecule has 1 aromatic carbocycles. The molecule has 0 aliphatic rings. The number of oxazole rings is 1. The summed E-state index contributed by atoms with van der Waals surface area (Å²) < 4.78 is 5.46. The van der Waals surface area contributed by atoms with E-state index >= 15 is 0 Å². The first-order chi connectivity index (χ1) is 7.29. The van der Waals surface area contributed by atoms with E-state index in [-0.39, 0.29) is 5.78 Å². The van der Waals surface area contributed by atoms with Gasteiger partial charge in [0.15, 0.2) is 5.58 Å². The lowest BCUT2D eigenvalue weighted by Crippen LogP contribution is -1.97. The minimum atomic E-state index is 0.210. The summed E-state index contributed by atoms with van der Waals surface area (Å²) in [5, 5.41) is 0.568. The molecule has 0 aliphatic heterocycles. The molecule has 3 nitrogen and oxygen atoms in total. The van der Waals surface area contributed by atoms with Gasteiger partial charge in [-0.05, 0) is 12.1 Å². The summed E-state index contributed by atoms with van der Waals surface area (Å²) in [6, 6.07) is 7.58. The summed E-state index contributed by atoms with van der Waals surface area (Å²) in [6.45, 7) is 1.86. The van der Waals surface area contributed by atoms with Gasteiger partial charge < -0.3 is 4.42 Å². The first-order valence-electron chi connectivity index (χ1n) is 4.79. The Hall–Kier alpha value is -1.29. The summed E-state index contributed by atoms with van der Waals surface area (Å²) in [4.78, 5) is 15.4. The number of Topliss-reactive ketones (excluding diaryl/α,β-unsaturated/α-hetero) is 1. The first-order valence-corrected chi connectivity index (χ1v) is 5.78. The second-order valence-corrected chi connectivity index (χ2v) is 4.05. The average Bonchev–Trinajstić information content (AvgIpc) is 2.68. The fourth-order valence-electron chi connectivity index (χ4n) is 1.16. The van der Waals surface area contributed by atoms with E-state index in [0.717, 1.165) is 11.1 Å². The Morgan fingerprint density at radius 3 is 3.00 bits per heavy atom. The third kappa shape index (κ3) is 2.39. The minimum Gasteiger partial charge on any atom is -0.431 e. The Bertz CT molecular complexity index is 445. The number of carbonyl (C=O) groups is 1. The van der Waals surface area contributed by atoms with Crippen molar-refractivity contribution >= 4 is 28.6 Å². The van der Waals surface area contributed by atoms with Crippen LogP contribution in [0.1, 0.15) is 13.3 Å². The second-order valence-electron chi connectivity index (χ2n) is 3.13. The van der Waals surface area contributed by atoms with Gasteiger partial charge in [-0.25, -0.2) is 4.98 Å². The van der Waals surface area contributed by atoms with Gasteiger partial charge in [-0.15, -0.1) is 0 Å². The molecule has 0 unspecified atom stereocenters. The van der Waals surface area contributed by atoms with Crippen molar-refractivity contribution in [3.8, 4) is 0 Å². The van der Waals surface area contributed by atoms with Crippen molar-refractivity contribution in [2.45, 2.75) is 18.6 Å². The maximum absolute atomic E-state index is 11.1. The summed E-state index contributed by atoms with van der Waals surface area (Å²) in [5.74, 6) is 0.644. The van der Waals surface area contributed by atoms with Gasteiger partial charge in [0.2, 0.25) is 0 Å². The second kappa shape index (κ2) is 4.49. The maximum Gasteiger partial charge on any atom is 0.257 e. The SMILES string of the molecule is CCC(=O)CSc1nc2ccccc2o1. The molecular formula is C11H11NO2S. The fourth-order valence-corrected chi connectivity index (χ4v) is 1.96. The molecule has 0 N–H and O–H groups in total. The van der Waals surface area contributed by atoms with Crippen molar-refractivity contribution in [2.75, 3.05) is 5.75 Å². The van der Waals surface area contributed by atoms with E-state index in [1.54, 1.807) is 0 Å².